The molecule has 1 aromatic heterocycles. The molecule has 1 saturated heterocycles. The molecule has 0 radical (unpaired) electrons. The third-order valence-electron chi connectivity index (χ3n) is 5.46. The van der Waals surface area contributed by atoms with Gasteiger partial charge in [-0.3, -0.25) is 19.5 Å². The summed E-state index contributed by atoms with van der Waals surface area (Å²) < 4.78 is 6.02. The van der Waals surface area contributed by atoms with Crippen LogP contribution in [0.3, 0.4) is 0 Å². The van der Waals surface area contributed by atoms with Gasteiger partial charge in [-0.1, -0.05) is 18.2 Å². The summed E-state index contributed by atoms with van der Waals surface area (Å²) in [6.07, 6.45) is 3.57. The Bertz CT molecular complexity index is 886. The lowest BCUT2D eigenvalue weighted by Crippen LogP contribution is -2.60. The fourth-order valence-corrected chi connectivity index (χ4v) is 4.09. The molecule has 0 bridgehead atoms. The van der Waals surface area contributed by atoms with Gasteiger partial charge in [-0.05, 0) is 23.8 Å². The number of nitrogens with one attached hydrogen (secondary N) is 1. The quantitative estimate of drug-likeness (QED) is 0.865. The third kappa shape index (κ3) is 3.33. The first-order chi connectivity index (χ1) is 13.5. The maximum Gasteiger partial charge on any atom is 0.255 e. The molecule has 28 heavy (non-hydrogen) atoms. The average Bonchev–Trinajstić information content (AvgIpc) is 2.96. The number of para-hydroxylation sites is 1. The molecule has 146 valence electrons. The molecule has 1 aromatic carbocycles. The molecule has 0 unspecified atom stereocenters. The number of benzene rings is 1. The second-order valence-corrected chi connectivity index (χ2v) is 7.71. The van der Waals surface area contributed by atoms with Gasteiger partial charge in [-0.2, -0.15) is 0 Å². The Morgan fingerprint density at radius 1 is 1.32 bits per heavy atom. The number of likely N-dealkylation sites (tertiary alicyclic amines) is 1. The molecule has 2 aromatic rings. The van der Waals surface area contributed by atoms with E-state index < -0.39 is 11.5 Å². The zero-order valence-electron chi connectivity index (χ0n) is 16.1. The molecular weight excluding hydrogens is 356 g/mol. The van der Waals surface area contributed by atoms with E-state index >= 15 is 0 Å². The summed E-state index contributed by atoms with van der Waals surface area (Å²) in [5, 5.41) is 3.14. The van der Waals surface area contributed by atoms with Gasteiger partial charge in [0.1, 0.15) is 12.4 Å². The maximum atomic E-state index is 13.0. The molecule has 1 N–H and O–H groups in total. The van der Waals surface area contributed by atoms with Crippen LogP contribution in [0.25, 0.3) is 0 Å². The summed E-state index contributed by atoms with van der Waals surface area (Å²) in [6, 6.07) is 11.1. The number of hydrogen-bond donors (Lipinski definition) is 1. The van der Waals surface area contributed by atoms with E-state index in [1.54, 1.807) is 37.3 Å². The molecule has 7 heteroatoms. The Morgan fingerprint density at radius 3 is 2.89 bits per heavy atom. The molecule has 2 aliphatic heterocycles. The van der Waals surface area contributed by atoms with Crippen molar-refractivity contribution in [3.05, 3.63) is 59.9 Å². The first kappa shape index (κ1) is 18.4. The summed E-state index contributed by atoms with van der Waals surface area (Å²) in [5.41, 5.74) is 0.792. The number of pyridine rings is 1. The number of carbonyl (C=O) groups is 2. The summed E-state index contributed by atoms with van der Waals surface area (Å²) >= 11 is 0. The maximum absolute atomic E-state index is 13.0. The Hall–Kier alpha value is -2.93. The summed E-state index contributed by atoms with van der Waals surface area (Å²) in [6.45, 7) is 2.00. The summed E-state index contributed by atoms with van der Waals surface area (Å²) in [7, 11) is 3.49. The van der Waals surface area contributed by atoms with Gasteiger partial charge in [0.25, 0.3) is 5.91 Å². The minimum atomic E-state index is -0.778. The van der Waals surface area contributed by atoms with Crippen molar-refractivity contribution in [1.82, 2.24) is 20.1 Å². The summed E-state index contributed by atoms with van der Waals surface area (Å²) in [5.74, 6) is -0.0486. The van der Waals surface area contributed by atoms with E-state index in [2.05, 4.69) is 15.2 Å². The number of carbonyl (C=O) groups excluding carboxylic acids is 2. The van der Waals surface area contributed by atoms with Crippen molar-refractivity contribution in [2.24, 2.45) is 5.92 Å². The molecule has 2 atom stereocenters. The predicted octanol–water partition coefficient (Wildman–Crippen LogP) is 1.16. The Morgan fingerprint density at radius 2 is 2.14 bits per heavy atom. The van der Waals surface area contributed by atoms with Crippen molar-refractivity contribution >= 4 is 11.8 Å². The topological polar surface area (TPSA) is 74.8 Å². The number of ether oxygens (including phenoxy) is 1. The lowest BCUT2D eigenvalue weighted by Gasteiger charge is -2.34. The van der Waals surface area contributed by atoms with E-state index in [4.69, 9.17) is 4.74 Å². The smallest absolute Gasteiger partial charge is 0.255 e. The van der Waals surface area contributed by atoms with Gasteiger partial charge in [0, 0.05) is 46.1 Å². The van der Waals surface area contributed by atoms with E-state index in [1.807, 2.05) is 30.5 Å². The van der Waals surface area contributed by atoms with Gasteiger partial charge in [0.05, 0.1) is 17.0 Å². The van der Waals surface area contributed by atoms with Gasteiger partial charge < -0.3 is 15.0 Å². The van der Waals surface area contributed by atoms with Crippen molar-refractivity contribution in [3.63, 3.8) is 0 Å². The van der Waals surface area contributed by atoms with Crippen LogP contribution in [0.4, 0.5) is 0 Å². The van der Waals surface area contributed by atoms with Crippen LogP contribution in [0.1, 0.15) is 15.9 Å². The standard InChI is InChI=1S/C21H24N4O3/c1-24(2)20(27)17-12-25(11-15-6-5-9-22-10-15)13-21(17)14-28-18-8-4-3-7-16(18)19(26)23-21/h3-10,17H,11-14H2,1-2H3,(H,23,26)/t17-,21-/m1/s1. The first-order valence-corrected chi connectivity index (χ1v) is 9.35. The largest absolute Gasteiger partial charge is 0.490 e. The SMILES string of the molecule is CN(C)C(=O)[C@H]1CN(Cc2cccnc2)C[C@@]12COc1ccccc1C(=O)N2. The molecule has 0 saturated carbocycles. The zero-order chi connectivity index (χ0) is 19.7. The average molecular weight is 380 g/mol. The monoisotopic (exact) mass is 380 g/mol. The van der Waals surface area contributed by atoms with Crippen LogP contribution in [-0.4, -0.2) is 65.9 Å². The second kappa shape index (κ2) is 7.24. The minimum absolute atomic E-state index is 0.0106. The van der Waals surface area contributed by atoms with Gasteiger partial charge in [0.2, 0.25) is 5.91 Å². The van der Waals surface area contributed by atoms with E-state index in [1.165, 1.54) is 0 Å². The number of hydrogen-bond acceptors (Lipinski definition) is 5. The molecule has 1 spiro atoms. The van der Waals surface area contributed by atoms with Crippen LogP contribution in [0.2, 0.25) is 0 Å². The number of amides is 2. The highest BCUT2D eigenvalue weighted by molar-refractivity contribution is 5.98. The van der Waals surface area contributed by atoms with E-state index in [0.29, 0.717) is 30.9 Å². The molecule has 1 fully saturated rings. The van der Waals surface area contributed by atoms with E-state index in [-0.39, 0.29) is 18.4 Å². The van der Waals surface area contributed by atoms with Crippen LogP contribution in [0.5, 0.6) is 5.75 Å². The van der Waals surface area contributed by atoms with Crippen molar-refractivity contribution in [3.8, 4) is 5.75 Å². The second-order valence-electron chi connectivity index (χ2n) is 7.71. The van der Waals surface area contributed by atoms with Crippen LogP contribution in [0, 0.1) is 5.92 Å². The molecule has 3 heterocycles. The highest BCUT2D eigenvalue weighted by Crippen LogP contribution is 2.34. The lowest BCUT2D eigenvalue weighted by atomic mass is 9.86. The van der Waals surface area contributed by atoms with E-state index in [9.17, 15) is 9.59 Å². The van der Waals surface area contributed by atoms with Gasteiger partial charge in [-0.25, -0.2) is 0 Å². The fourth-order valence-electron chi connectivity index (χ4n) is 4.09. The minimum Gasteiger partial charge on any atom is -0.490 e. The Balaban J connectivity index is 1.64. The molecular formula is C21H24N4O3. The first-order valence-electron chi connectivity index (χ1n) is 9.35. The molecule has 2 amide bonds. The fraction of sp³-hybridized carbons (Fsp3) is 0.381. The normalized spacial score (nSPS) is 24.2. The van der Waals surface area contributed by atoms with Crippen molar-refractivity contribution in [2.45, 2.75) is 12.1 Å². The van der Waals surface area contributed by atoms with Crippen LogP contribution < -0.4 is 10.1 Å². The Kier molecular flexibility index (Phi) is 4.77. The van der Waals surface area contributed by atoms with Crippen molar-refractivity contribution < 1.29 is 14.3 Å². The number of rotatable bonds is 3. The summed E-state index contributed by atoms with van der Waals surface area (Å²) in [4.78, 5) is 33.9. The zero-order valence-corrected chi connectivity index (χ0v) is 16.1. The van der Waals surface area contributed by atoms with Crippen molar-refractivity contribution in [1.29, 1.82) is 0 Å². The predicted molar refractivity (Wildman–Crippen MR) is 104 cm³/mol. The highest BCUT2D eigenvalue weighted by Gasteiger charge is 2.53. The van der Waals surface area contributed by atoms with Gasteiger partial charge in [-0.15, -0.1) is 0 Å². The highest BCUT2D eigenvalue weighted by atomic mass is 16.5. The molecule has 0 aliphatic carbocycles. The third-order valence-corrected chi connectivity index (χ3v) is 5.46. The lowest BCUT2D eigenvalue weighted by molar-refractivity contribution is -0.134. The van der Waals surface area contributed by atoms with Crippen LogP contribution >= 0.6 is 0 Å². The van der Waals surface area contributed by atoms with Gasteiger partial charge >= 0.3 is 0 Å². The molecule has 2 aliphatic rings. The van der Waals surface area contributed by atoms with E-state index in [0.717, 1.165) is 5.56 Å². The molecule has 7 nitrogen and oxygen atoms in total. The van der Waals surface area contributed by atoms with Crippen LogP contribution in [-0.2, 0) is 11.3 Å². The number of aromatic nitrogens is 1. The molecule has 4 rings (SSSR count). The number of fused-ring (bicyclic) bond motifs is 1. The van der Waals surface area contributed by atoms with Crippen LogP contribution in [0.15, 0.2) is 48.8 Å². The van der Waals surface area contributed by atoms with Gasteiger partial charge in [0.15, 0.2) is 0 Å². The van der Waals surface area contributed by atoms with Crippen molar-refractivity contribution in [2.75, 3.05) is 33.8 Å². The Labute approximate surface area is 164 Å². The number of nitrogens with zero attached hydrogens (tertiary/aromatic N) is 3.